The Bertz CT molecular complexity index is 696. The van der Waals surface area contributed by atoms with E-state index in [2.05, 4.69) is 39.1 Å². The first-order valence-corrected chi connectivity index (χ1v) is 6.97. The molecule has 1 aromatic heterocycles. The van der Waals surface area contributed by atoms with Crippen LogP contribution in [0.3, 0.4) is 0 Å². The number of para-hydroxylation sites is 1. The number of hydrogen-bond acceptors (Lipinski definition) is 3. The predicted octanol–water partition coefficient (Wildman–Crippen LogP) is 3.84. The van der Waals surface area contributed by atoms with E-state index in [0.29, 0.717) is 0 Å². The van der Waals surface area contributed by atoms with Gasteiger partial charge in [-0.25, -0.2) is 4.98 Å². The Balaban J connectivity index is 1.93. The SMILES string of the molecule is CN(c1ccccc1)c1nccnc1Cc1ccccc1. The van der Waals surface area contributed by atoms with Crippen molar-refractivity contribution in [1.82, 2.24) is 9.97 Å². The summed E-state index contributed by atoms with van der Waals surface area (Å²) in [5.74, 6) is 0.896. The number of benzene rings is 2. The molecule has 3 rings (SSSR count). The monoisotopic (exact) mass is 275 g/mol. The van der Waals surface area contributed by atoms with Crippen LogP contribution in [0.25, 0.3) is 0 Å². The van der Waals surface area contributed by atoms with E-state index in [1.54, 1.807) is 12.4 Å². The van der Waals surface area contributed by atoms with Crippen molar-refractivity contribution in [3.05, 3.63) is 84.3 Å². The normalized spacial score (nSPS) is 10.3. The van der Waals surface area contributed by atoms with E-state index >= 15 is 0 Å². The second kappa shape index (κ2) is 6.18. The first-order valence-electron chi connectivity index (χ1n) is 6.97. The summed E-state index contributed by atoms with van der Waals surface area (Å²) in [5.41, 5.74) is 3.32. The third-order valence-corrected chi connectivity index (χ3v) is 3.43. The van der Waals surface area contributed by atoms with Crippen molar-refractivity contribution in [2.45, 2.75) is 6.42 Å². The van der Waals surface area contributed by atoms with E-state index in [-0.39, 0.29) is 0 Å². The molecule has 0 aliphatic heterocycles. The molecule has 0 amide bonds. The lowest BCUT2D eigenvalue weighted by Crippen LogP contribution is -2.14. The van der Waals surface area contributed by atoms with Crippen molar-refractivity contribution in [1.29, 1.82) is 0 Å². The van der Waals surface area contributed by atoms with Crippen LogP contribution in [0, 0.1) is 0 Å². The Morgan fingerprint density at radius 2 is 1.43 bits per heavy atom. The number of hydrogen-bond donors (Lipinski definition) is 0. The number of aromatic nitrogens is 2. The van der Waals surface area contributed by atoms with Crippen LogP contribution in [0.15, 0.2) is 73.1 Å². The highest BCUT2D eigenvalue weighted by molar-refractivity contribution is 5.61. The van der Waals surface area contributed by atoms with E-state index in [9.17, 15) is 0 Å². The predicted molar refractivity (Wildman–Crippen MR) is 85.8 cm³/mol. The van der Waals surface area contributed by atoms with Crippen LogP contribution in [0.1, 0.15) is 11.3 Å². The Kier molecular flexibility index (Phi) is 3.92. The summed E-state index contributed by atoms with van der Waals surface area (Å²) < 4.78 is 0. The number of rotatable bonds is 4. The molecule has 0 atom stereocenters. The highest BCUT2D eigenvalue weighted by Crippen LogP contribution is 2.24. The maximum Gasteiger partial charge on any atom is 0.154 e. The minimum absolute atomic E-state index is 0.779. The molecule has 0 bridgehead atoms. The number of nitrogens with zero attached hydrogens (tertiary/aromatic N) is 3. The van der Waals surface area contributed by atoms with E-state index in [1.165, 1.54) is 5.56 Å². The minimum atomic E-state index is 0.779. The standard InChI is InChI=1S/C18H17N3/c1-21(16-10-6-3-7-11-16)18-17(19-12-13-20-18)14-15-8-4-2-5-9-15/h2-13H,14H2,1H3. The molecule has 0 aliphatic carbocycles. The highest BCUT2D eigenvalue weighted by atomic mass is 15.2. The third kappa shape index (κ3) is 3.08. The van der Waals surface area contributed by atoms with Gasteiger partial charge < -0.3 is 4.90 Å². The first kappa shape index (κ1) is 13.3. The molecule has 0 saturated carbocycles. The van der Waals surface area contributed by atoms with Gasteiger partial charge >= 0.3 is 0 Å². The molecule has 3 nitrogen and oxygen atoms in total. The molecular weight excluding hydrogens is 258 g/mol. The van der Waals surface area contributed by atoms with Gasteiger partial charge in [-0.05, 0) is 17.7 Å². The molecule has 2 aromatic carbocycles. The van der Waals surface area contributed by atoms with E-state index in [0.717, 1.165) is 23.6 Å². The Labute approximate surface area is 124 Å². The van der Waals surface area contributed by atoms with Crippen molar-refractivity contribution in [3.8, 4) is 0 Å². The molecule has 0 fully saturated rings. The molecule has 0 N–H and O–H groups in total. The van der Waals surface area contributed by atoms with Crippen LogP contribution < -0.4 is 4.90 Å². The molecule has 104 valence electrons. The third-order valence-electron chi connectivity index (χ3n) is 3.43. The van der Waals surface area contributed by atoms with Crippen LogP contribution in [-0.2, 0) is 6.42 Å². The lowest BCUT2D eigenvalue weighted by atomic mass is 10.1. The largest absolute Gasteiger partial charge is 0.328 e. The zero-order chi connectivity index (χ0) is 14.5. The summed E-state index contributed by atoms with van der Waals surface area (Å²) >= 11 is 0. The average molecular weight is 275 g/mol. The van der Waals surface area contributed by atoms with Gasteiger partial charge in [-0.15, -0.1) is 0 Å². The average Bonchev–Trinajstić information content (AvgIpc) is 2.56. The molecule has 3 aromatic rings. The summed E-state index contributed by atoms with van der Waals surface area (Å²) in [7, 11) is 2.02. The fraction of sp³-hybridized carbons (Fsp3) is 0.111. The van der Waals surface area contributed by atoms with E-state index < -0.39 is 0 Å². The maximum absolute atomic E-state index is 4.52. The van der Waals surface area contributed by atoms with Gasteiger partial charge in [-0.1, -0.05) is 48.5 Å². The van der Waals surface area contributed by atoms with E-state index in [4.69, 9.17) is 0 Å². The maximum atomic E-state index is 4.52. The van der Waals surface area contributed by atoms with Crippen LogP contribution in [0.4, 0.5) is 11.5 Å². The molecule has 21 heavy (non-hydrogen) atoms. The van der Waals surface area contributed by atoms with Gasteiger partial charge in [-0.3, -0.25) is 4.98 Å². The topological polar surface area (TPSA) is 29.0 Å². The van der Waals surface area contributed by atoms with Gasteiger partial charge in [0.15, 0.2) is 5.82 Å². The second-order valence-corrected chi connectivity index (χ2v) is 4.88. The molecular formula is C18H17N3. The van der Waals surface area contributed by atoms with Crippen molar-refractivity contribution in [3.63, 3.8) is 0 Å². The van der Waals surface area contributed by atoms with Crippen molar-refractivity contribution < 1.29 is 0 Å². The fourth-order valence-corrected chi connectivity index (χ4v) is 2.33. The zero-order valence-corrected chi connectivity index (χ0v) is 12.0. The minimum Gasteiger partial charge on any atom is -0.328 e. The van der Waals surface area contributed by atoms with Crippen LogP contribution in [-0.4, -0.2) is 17.0 Å². The molecule has 0 aliphatic rings. The van der Waals surface area contributed by atoms with Crippen LogP contribution in [0.5, 0.6) is 0 Å². The quantitative estimate of drug-likeness (QED) is 0.724. The summed E-state index contributed by atoms with van der Waals surface area (Å²) in [6.07, 6.45) is 4.27. The fourth-order valence-electron chi connectivity index (χ4n) is 2.33. The number of anilines is 2. The van der Waals surface area contributed by atoms with Crippen molar-refractivity contribution >= 4 is 11.5 Å². The lowest BCUT2D eigenvalue weighted by Gasteiger charge is -2.20. The summed E-state index contributed by atoms with van der Waals surface area (Å²) in [6, 6.07) is 20.6. The van der Waals surface area contributed by atoms with Crippen LogP contribution >= 0.6 is 0 Å². The summed E-state index contributed by atoms with van der Waals surface area (Å²) in [6.45, 7) is 0. The molecule has 3 heteroatoms. The lowest BCUT2D eigenvalue weighted by molar-refractivity contribution is 0.989. The van der Waals surface area contributed by atoms with Gasteiger partial charge in [0.1, 0.15) is 0 Å². The van der Waals surface area contributed by atoms with E-state index in [1.807, 2.05) is 43.4 Å². The van der Waals surface area contributed by atoms with Gasteiger partial charge in [0.2, 0.25) is 0 Å². The molecule has 0 radical (unpaired) electrons. The molecule has 0 spiro atoms. The Morgan fingerprint density at radius 3 is 2.14 bits per heavy atom. The Hall–Kier alpha value is -2.68. The molecule has 0 unspecified atom stereocenters. The van der Waals surface area contributed by atoms with Gasteiger partial charge in [0.05, 0.1) is 5.69 Å². The van der Waals surface area contributed by atoms with Crippen molar-refractivity contribution in [2.75, 3.05) is 11.9 Å². The molecule has 0 saturated heterocycles. The smallest absolute Gasteiger partial charge is 0.154 e. The summed E-state index contributed by atoms with van der Waals surface area (Å²) in [4.78, 5) is 11.1. The van der Waals surface area contributed by atoms with Gasteiger partial charge in [0, 0.05) is 31.5 Å². The zero-order valence-electron chi connectivity index (χ0n) is 12.0. The van der Waals surface area contributed by atoms with Gasteiger partial charge in [-0.2, -0.15) is 0 Å². The summed E-state index contributed by atoms with van der Waals surface area (Å²) in [5, 5.41) is 0. The van der Waals surface area contributed by atoms with Gasteiger partial charge in [0.25, 0.3) is 0 Å². The molecule has 1 heterocycles. The second-order valence-electron chi connectivity index (χ2n) is 4.88. The highest BCUT2D eigenvalue weighted by Gasteiger charge is 2.12. The Morgan fingerprint density at radius 1 is 0.810 bits per heavy atom. The van der Waals surface area contributed by atoms with Crippen molar-refractivity contribution in [2.24, 2.45) is 0 Å². The first-order chi connectivity index (χ1) is 10.3. The van der Waals surface area contributed by atoms with Crippen LogP contribution in [0.2, 0.25) is 0 Å².